The van der Waals surface area contributed by atoms with Gasteiger partial charge in [0.15, 0.2) is 23.7 Å². The van der Waals surface area contributed by atoms with Crippen molar-refractivity contribution in [2.75, 3.05) is 19.9 Å². The van der Waals surface area contributed by atoms with Gasteiger partial charge in [-0.15, -0.1) is 0 Å². The molecule has 3 atom stereocenters. The van der Waals surface area contributed by atoms with E-state index >= 15 is 0 Å². The summed E-state index contributed by atoms with van der Waals surface area (Å²) in [6, 6.07) is 9.21. The molecule has 1 heterocycles. The van der Waals surface area contributed by atoms with Crippen molar-refractivity contribution in [1.82, 2.24) is 0 Å². The number of fused-ring (bicyclic) bond motifs is 4. The van der Waals surface area contributed by atoms with E-state index in [1.165, 1.54) is 0 Å². The molecule has 0 saturated heterocycles. The van der Waals surface area contributed by atoms with Gasteiger partial charge in [-0.05, 0) is 69.6 Å². The molecule has 4 rings (SSSR count). The molecule has 166 valence electrons. The fraction of sp³-hybridized carbons (Fsp3) is 0.333. The number of aryl methyl sites for hydroxylation is 1. The number of rotatable bonds is 7. The van der Waals surface area contributed by atoms with Crippen LogP contribution in [0.5, 0.6) is 5.75 Å². The van der Waals surface area contributed by atoms with Gasteiger partial charge in [0.25, 0.3) is 0 Å². The minimum absolute atomic E-state index is 0.00342. The second-order valence-corrected chi connectivity index (χ2v) is 9.86. The molecule has 2 aromatic carbocycles. The third-order valence-electron chi connectivity index (χ3n) is 5.95. The van der Waals surface area contributed by atoms with Crippen molar-refractivity contribution in [3.8, 4) is 16.9 Å². The highest BCUT2D eigenvalue weighted by Gasteiger charge is 2.31. The number of hydrogen-bond acceptors (Lipinski definition) is 6. The first-order chi connectivity index (χ1) is 15.4. The minimum atomic E-state index is -0.380. The summed E-state index contributed by atoms with van der Waals surface area (Å²) in [5.74, 6) is 0.172. The maximum atomic E-state index is 13.0. The van der Waals surface area contributed by atoms with Gasteiger partial charge in [-0.25, -0.2) is 4.79 Å². The highest BCUT2D eigenvalue weighted by Crippen LogP contribution is 2.42. The Morgan fingerprint density at radius 1 is 1.03 bits per heavy atom. The molecule has 1 aliphatic heterocycles. The smallest absolute Gasteiger partial charge is 0.323 e. The van der Waals surface area contributed by atoms with Crippen LogP contribution in [-0.4, -0.2) is 42.7 Å². The summed E-state index contributed by atoms with van der Waals surface area (Å²) >= 11 is 0. The molecule has 0 radical (unpaired) electrons. The third kappa shape index (κ3) is 4.53. The van der Waals surface area contributed by atoms with Crippen LogP contribution in [-0.2, 0) is 22.6 Å². The van der Waals surface area contributed by atoms with Gasteiger partial charge in [-0.3, -0.25) is 14.4 Å². The van der Waals surface area contributed by atoms with Gasteiger partial charge in [-0.2, -0.15) is 0 Å². The van der Waals surface area contributed by atoms with Crippen LogP contribution in [0.2, 0.25) is 0 Å². The predicted octanol–water partition coefficient (Wildman–Crippen LogP) is 4.84. The number of benzene rings is 2. The fourth-order valence-electron chi connectivity index (χ4n) is 4.18. The molecule has 2 aromatic rings. The lowest BCUT2D eigenvalue weighted by molar-refractivity contribution is -0.111. The SMILES string of the molecule is CPC(=O)CC1CCc2cc3c(cc2C1=O)OCc1cc(C(=O)COC(=O)PC)ccc1-3. The molecule has 0 bridgehead atoms. The summed E-state index contributed by atoms with van der Waals surface area (Å²) in [7, 11) is 0.211. The summed E-state index contributed by atoms with van der Waals surface area (Å²) in [5.41, 5.74) is 4.61. The van der Waals surface area contributed by atoms with E-state index in [1.807, 2.05) is 24.9 Å². The van der Waals surface area contributed by atoms with Gasteiger partial charge >= 0.3 is 5.71 Å². The Bertz CT molecular complexity index is 1120. The van der Waals surface area contributed by atoms with Crippen LogP contribution >= 0.6 is 17.2 Å². The van der Waals surface area contributed by atoms with E-state index in [9.17, 15) is 19.2 Å². The molecule has 0 spiro atoms. The molecule has 0 amide bonds. The fourth-order valence-corrected chi connectivity index (χ4v) is 4.85. The lowest BCUT2D eigenvalue weighted by Crippen LogP contribution is -2.24. The van der Waals surface area contributed by atoms with Crippen LogP contribution in [0, 0.1) is 5.92 Å². The van der Waals surface area contributed by atoms with Crippen molar-refractivity contribution >= 4 is 40.0 Å². The van der Waals surface area contributed by atoms with Crippen LogP contribution in [0.4, 0.5) is 4.79 Å². The molecule has 0 fully saturated rings. The van der Waals surface area contributed by atoms with Crippen LogP contribution in [0.15, 0.2) is 30.3 Å². The summed E-state index contributed by atoms with van der Waals surface area (Å²) in [5, 5.41) is 0. The molecule has 3 unspecified atom stereocenters. The number of ether oxygens (including phenoxy) is 2. The van der Waals surface area contributed by atoms with Crippen molar-refractivity contribution in [1.29, 1.82) is 0 Å². The lowest BCUT2D eigenvalue weighted by Gasteiger charge is -2.27. The van der Waals surface area contributed by atoms with Crippen molar-refractivity contribution < 1.29 is 28.7 Å². The first-order valence-electron chi connectivity index (χ1n) is 10.5. The van der Waals surface area contributed by atoms with Gasteiger partial charge in [0.2, 0.25) is 0 Å². The zero-order valence-electron chi connectivity index (χ0n) is 17.9. The minimum Gasteiger partial charge on any atom is -0.488 e. The second kappa shape index (κ2) is 9.60. The summed E-state index contributed by atoms with van der Waals surface area (Å²) < 4.78 is 10.9. The summed E-state index contributed by atoms with van der Waals surface area (Å²) in [6.45, 7) is 3.57. The zero-order chi connectivity index (χ0) is 22.8. The summed E-state index contributed by atoms with van der Waals surface area (Å²) in [4.78, 5) is 48.5. The van der Waals surface area contributed by atoms with Gasteiger partial charge in [0.05, 0.1) is 0 Å². The Balaban J connectivity index is 1.59. The normalized spacial score (nSPS) is 17.1. The monoisotopic (exact) mass is 470 g/mol. The van der Waals surface area contributed by atoms with E-state index in [1.54, 1.807) is 18.8 Å². The van der Waals surface area contributed by atoms with Crippen LogP contribution in [0.25, 0.3) is 11.1 Å². The maximum absolute atomic E-state index is 13.0. The number of carbonyl (C=O) groups is 4. The van der Waals surface area contributed by atoms with Gasteiger partial charge < -0.3 is 9.47 Å². The highest BCUT2D eigenvalue weighted by atomic mass is 31.1. The molecular weight excluding hydrogens is 446 g/mol. The number of hydrogen-bond donors (Lipinski definition) is 0. The molecule has 0 aromatic heterocycles. The van der Waals surface area contributed by atoms with Gasteiger partial charge in [0.1, 0.15) is 12.4 Å². The summed E-state index contributed by atoms with van der Waals surface area (Å²) in [6.07, 6.45) is 1.74. The lowest BCUT2D eigenvalue weighted by atomic mass is 9.79. The molecule has 0 saturated carbocycles. The molecule has 6 nitrogen and oxygen atoms in total. The number of ketones is 2. The second-order valence-electron chi connectivity index (χ2n) is 7.89. The maximum Gasteiger partial charge on any atom is 0.323 e. The molecule has 32 heavy (non-hydrogen) atoms. The van der Waals surface area contributed by atoms with E-state index in [4.69, 9.17) is 9.47 Å². The first kappa shape index (κ1) is 22.8. The molecular formula is C24H24O6P2. The van der Waals surface area contributed by atoms with Gasteiger partial charge in [-0.1, -0.05) is 20.7 Å². The first-order valence-corrected chi connectivity index (χ1v) is 13.5. The topological polar surface area (TPSA) is 86.7 Å². The largest absolute Gasteiger partial charge is 0.488 e. The Kier molecular flexibility index (Phi) is 6.83. The van der Waals surface area contributed by atoms with Crippen LogP contribution < -0.4 is 4.74 Å². The zero-order valence-corrected chi connectivity index (χ0v) is 19.9. The Labute approximate surface area is 190 Å². The molecule has 8 heteroatoms. The van der Waals surface area contributed by atoms with Crippen molar-refractivity contribution in [3.05, 3.63) is 52.6 Å². The molecule has 0 N–H and O–H groups in total. The quantitative estimate of drug-likeness (QED) is 0.425. The van der Waals surface area contributed by atoms with Crippen molar-refractivity contribution in [2.24, 2.45) is 5.92 Å². The number of carbonyl (C=O) groups excluding carboxylic acids is 4. The molecule has 1 aliphatic carbocycles. The van der Waals surface area contributed by atoms with Crippen molar-refractivity contribution in [2.45, 2.75) is 25.9 Å². The average molecular weight is 470 g/mol. The Hall–Kier alpha value is -2.42. The standard InChI is InChI=1S/C24H24O6P2/c1-31-22(26)9-15-4-3-13-8-19-17-6-5-14(20(25)12-30-24(28)32-2)7-16(17)11-29-21(19)10-18(13)23(15)27/h5-8,10,15,31-32H,3-4,9,11-12H2,1-2H3. The number of Topliss-reactive ketones (excluding diaryl/α,β-unsaturated/α-hetero) is 2. The predicted molar refractivity (Wildman–Crippen MR) is 126 cm³/mol. The van der Waals surface area contributed by atoms with Gasteiger partial charge in [0, 0.05) is 29.0 Å². The average Bonchev–Trinajstić information content (AvgIpc) is 2.82. The van der Waals surface area contributed by atoms with E-state index in [0.717, 1.165) is 28.7 Å². The van der Waals surface area contributed by atoms with E-state index in [-0.39, 0.29) is 59.1 Å². The van der Waals surface area contributed by atoms with E-state index in [0.29, 0.717) is 29.7 Å². The highest BCUT2D eigenvalue weighted by molar-refractivity contribution is 7.57. The molecule has 2 aliphatic rings. The van der Waals surface area contributed by atoms with Crippen LogP contribution in [0.1, 0.15) is 44.7 Å². The van der Waals surface area contributed by atoms with E-state index < -0.39 is 0 Å². The van der Waals surface area contributed by atoms with E-state index in [2.05, 4.69) is 0 Å². The Morgan fingerprint density at radius 3 is 2.59 bits per heavy atom. The Morgan fingerprint density at radius 2 is 1.84 bits per heavy atom. The third-order valence-corrected chi connectivity index (χ3v) is 7.27. The van der Waals surface area contributed by atoms with Crippen molar-refractivity contribution in [3.63, 3.8) is 0 Å². The van der Waals surface area contributed by atoms with Crippen LogP contribution in [0.3, 0.4) is 0 Å².